The van der Waals surface area contributed by atoms with Crippen molar-refractivity contribution in [2.24, 2.45) is 0 Å². The molecule has 26 heavy (non-hydrogen) atoms. The van der Waals surface area contributed by atoms with Crippen molar-refractivity contribution in [1.29, 1.82) is 0 Å². The minimum Gasteiger partial charge on any atom is -0.377 e. The van der Waals surface area contributed by atoms with Crippen LogP contribution in [0.4, 0.5) is 0 Å². The Kier molecular flexibility index (Phi) is 4.70. The topological polar surface area (TPSA) is 45.3 Å². The fourth-order valence-corrected chi connectivity index (χ4v) is 3.81. The molecule has 1 aliphatic heterocycles. The van der Waals surface area contributed by atoms with Crippen molar-refractivity contribution in [2.45, 2.75) is 19.4 Å². The van der Waals surface area contributed by atoms with E-state index in [-0.39, 0.29) is 11.9 Å². The lowest BCUT2D eigenvalue weighted by Crippen LogP contribution is -2.48. The largest absolute Gasteiger partial charge is 0.377 e. The molecule has 1 fully saturated rings. The minimum atomic E-state index is 0.0197. The number of nitrogens with one attached hydrogen (secondary N) is 1. The summed E-state index contributed by atoms with van der Waals surface area (Å²) in [5.74, 6) is 0.0197. The van der Waals surface area contributed by atoms with E-state index in [1.807, 2.05) is 53.4 Å². The summed E-state index contributed by atoms with van der Waals surface area (Å²) in [6.45, 7) is 3.87. The lowest BCUT2D eigenvalue weighted by Gasteiger charge is -2.35. The second-order valence-electron chi connectivity index (χ2n) is 6.57. The summed E-state index contributed by atoms with van der Waals surface area (Å²) in [7, 11) is 0. The van der Waals surface area contributed by atoms with Crippen LogP contribution < -0.4 is 0 Å². The third-order valence-electron chi connectivity index (χ3n) is 5.00. The van der Waals surface area contributed by atoms with Crippen LogP contribution in [0.15, 0.2) is 48.5 Å². The van der Waals surface area contributed by atoms with Gasteiger partial charge in [-0.15, -0.1) is 0 Å². The molecule has 0 radical (unpaired) electrons. The fraction of sp³-hybridized carbons (Fsp3) is 0.286. The van der Waals surface area contributed by atoms with Crippen LogP contribution >= 0.6 is 11.6 Å². The number of fused-ring (bicyclic) bond motifs is 1. The van der Waals surface area contributed by atoms with Gasteiger partial charge in [-0.3, -0.25) is 4.79 Å². The molecule has 0 saturated carbocycles. The molecule has 1 atom stereocenters. The first-order chi connectivity index (χ1) is 12.7. The van der Waals surface area contributed by atoms with Crippen LogP contribution in [0.25, 0.3) is 22.0 Å². The van der Waals surface area contributed by atoms with Crippen molar-refractivity contribution < 1.29 is 9.53 Å². The zero-order valence-electron chi connectivity index (χ0n) is 14.7. The van der Waals surface area contributed by atoms with Crippen LogP contribution in [0, 0.1) is 0 Å². The zero-order valence-corrected chi connectivity index (χ0v) is 15.4. The molecule has 2 aromatic carbocycles. The monoisotopic (exact) mass is 368 g/mol. The van der Waals surface area contributed by atoms with E-state index < -0.39 is 0 Å². The SMILES string of the molecule is CCC1COCCN1C(=O)c1[nH]c2ccc(Cl)cc2c1-c1ccccc1. The predicted molar refractivity (Wildman–Crippen MR) is 105 cm³/mol. The Labute approximate surface area is 157 Å². The summed E-state index contributed by atoms with van der Waals surface area (Å²) in [5.41, 5.74) is 3.45. The molecule has 1 amide bonds. The fourth-order valence-electron chi connectivity index (χ4n) is 3.63. The Morgan fingerprint density at radius 1 is 1.27 bits per heavy atom. The Bertz CT molecular complexity index is 936. The maximum Gasteiger partial charge on any atom is 0.271 e. The van der Waals surface area contributed by atoms with Gasteiger partial charge in [0.15, 0.2) is 0 Å². The van der Waals surface area contributed by atoms with E-state index in [9.17, 15) is 4.79 Å². The van der Waals surface area contributed by atoms with E-state index in [4.69, 9.17) is 16.3 Å². The Hall–Kier alpha value is -2.30. The van der Waals surface area contributed by atoms with Crippen LogP contribution in [-0.2, 0) is 4.74 Å². The number of amides is 1. The van der Waals surface area contributed by atoms with E-state index in [0.29, 0.717) is 30.5 Å². The predicted octanol–water partition coefficient (Wildman–Crippen LogP) is 4.74. The summed E-state index contributed by atoms with van der Waals surface area (Å²) in [5, 5.41) is 1.62. The third-order valence-corrected chi connectivity index (χ3v) is 5.23. The number of rotatable bonds is 3. The highest BCUT2D eigenvalue weighted by Gasteiger charge is 2.30. The molecule has 5 heteroatoms. The van der Waals surface area contributed by atoms with Crippen molar-refractivity contribution in [3.05, 3.63) is 59.2 Å². The van der Waals surface area contributed by atoms with Crippen molar-refractivity contribution in [1.82, 2.24) is 9.88 Å². The molecule has 1 aromatic heterocycles. The van der Waals surface area contributed by atoms with E-state index in [1.165, 1.54) is 0 Å². The van der Waals surface area contributed by atoms with Crippen molar-refractivity contribution in [3.8, 4) is 11.1 Å². The highest BCUT2D eigenvalue weighted by molar-refractivity contribution is 6.31. The Balaban J connectivity index is 1.88. The van der Waals surface area contributed by atoms with Gasteiger partial charge in [0.05, 0.1) is 19.3 Å². The van der Waals surface area contributed by atoms with Gasteiger partial charge in [-0.1, -0.05) is 48.9 Å². The number of benzene rings is 2. The standard InChI is InChI=1S/C21H21ClN2O2/c1-2-16-13-26-11-10-24(16)21(25)20-19(14-6-4-3-5-7-14)17-12-15(22)8-9-18(17)23-20/h3-9,12,16,23H,2,10-11,13H2,1H3. The van der Waals surface area contributed by atoms with Gasteiger partial charge >= 0.3 is 0 Å². The summed E-state index contributed by atoms with van der Waals surface area (Å²) in [6.07, 6.45) is 0.873. The van der Waals surface area contributed by atoms with Crippen molar-refractivity contribution >= 4 is 28.4 Å². The lowest BCUT2D eigenvalue weighted by molar-refractivity contribution is -0.00301. The number of carbonyl (C=O) groups is 1. The number of hydrogen-bond acceptors (Lipinski definition) is 2. The molecule has 1 saturated heterocycles. The molecule has 4 nitrogen and oxygen atoms in total. The molecule has 1 aliphatic rings. The second kappa shape index (κ2) is 7.14. The molecule has 2 heterocycles. The van der Waals surface area contributed by atoms with E-state index in [1.54, 1.807) is 0 Å². The zero-order chi connectivity index (χ0) is 18.1. The van der Waals surface area contributed by atoms with Gasteiger partial charge in [-0.2, -0.15) is 0 Å². The summed E-state index contributed by atoms with van der Waals surface area (Å²) < 4.78 is 5.56. The second-order valence-corrected chi connectivity index (χ2v) is 7.00. The number of H-pyrrole nitrogens is 1. The van der Waals surface area contributed by atoms with Gasteiger partial charge in [0.2, 0.25) is 0 Å². The van der Waals surface area contributed by atoms with Gasteiger partial charge in [0.1, 0.15) is 5.69 Å². The average molecular weight is 369 g/mol. The molecular formula is C21H21ClN2O2. The van der Waals surface area contributed by atoms with Crippen LogP contribution in [0.5, 0.6) is 0 Å². The highest BCUT2D eigenvalue weighted by Crippen LogP contribution is 2.35. The van der Waals surface area contributed by atoms with Gasteiger partial charge in [-0.25, -0.2) is 0 Å². The third kappa shape index (κ3) is 3.00. The van der Waals surface area contributed by atoms with E-state index in [0.717, 1.165) is 28.5 Å². The molecule has 3 aromatic rings. The van der Waals surface area contributed by atoms with Crippen molar-refractivity contribution in [3.63, 3.8) is 0 Å². The quantitative estimate of drug-likeness (QED) is 0.725. The highest BCUT2D eigenvalue weighted by atomic mass is 35.5. The molecule has 0 spiro atoms. The normalized spacial score (nSPS) is 17.6. The smallest absolute Gasteiger partial charge is 0.271 e. The van der Waals surface area contributed by atoms with E-state index in [2.05, 4.69) is 11.9 Å². The molecule has 1 N–H and O–H groups in total. The van der Waals surface area contributed by atoms with Crippen molar-refractivity contribution in [2.75, 3.05) is 19.8 Å². The summed E-state index contributed by atoms with van der Waals surface area (Å²) in [4.78, 5) is 18.7. The van der Waals surface area contributed by atoms with Crippen LogP contribution in [0.1, 0.15) is 23.8 Å². The van der Waals surface area contributed by atoms with E-state index >= 15 is 0 Å². The molecule has 4 rings (SSSR count). The van der Waals surface area contributed by atoms with Crippen LogP contribution in [0.3, 0.4) is 0 Å². The maximum absolute atomic E-state index is 13.4. The first kappa shape index (κ1) is 17.1. The number of hydrogen-bond donors (Lipinski definition) is 1. The molecular weight excluding hydrogens is 348 g/mol. The number of nitrogens with zero attached hydrogens (tertiary/aromatic N) is 1. The van der Waals surface area contributed by atoms with Crippen LogP contribution in [-0.4, -0.2) is 41.6 Å². The summed E-state index contributed by atoms with van der Waals surface area (Å²) in [6, 6.07) is 15.8. The number of aromatic nitrogens is 1. The molecule has 0 bridgehead atoms. The van der Waals surface area contributed by atoms with Gasteiger partial charge in [0, 0.05) is 28.0 Å². The Morgan fingerprint density at radius 2 is 2.08 bits per heavy atom. The van der Waals surface area contributed by atoms with Gasteiger partial charge in [-0.05, 0) is 30.2 Å². The van der Waals surface area contributed by atoms with Gasteiger partial charge < -0.3 is 14.6 Å². The summed E-state index contributed by atoms with van der Waals surface area (Å²) >= 11 is 6.24. The number of halogens is 1. The first-order valence-electron chi connectivity index (χ1n) is 8.94. The number of ether oxygens (including phenoxy) is 1. The molecule has 1 unspecified atom stereocenters. The first-order valence-corrected chi connectivity index (χ1v) is 9.32. The average Bonchev–Trinajstić information content (AvgIpc) is 3.06. The molecule has 134 valence electrons. The van der Waals surface area contributed by atoms with Gasteiger partial charge in [0.25, 0.3) is 5.91 Å². The minimum absolute atomic E-state index is 0.0197. The lowest BCUT2D eigenvalue weighted by atomic mass is 10.0. The maximum atomic E-state index is 13.4. The Morgan fingerprint density at radius 3 is 2.85 bits per heavy atom. The molecule has 0 aliphatic carbocycles. The number of aromatic amines is 1. The number of carbonyl (C=O) groups excluding carboxylic acids is 1. The number of morpholine rings is 1. The van der Waals surface area contributed by atoms with Crippen LogP contribution in [0.2, 0.25) is 5.02 Å².